The zero-order chi connectivity index (χ0) is 12.8. The Morgan fingerprint density at radius 3 is 2.71 bits per heavy atom. The quantitative estimate of drug-likeness (QED) is 0.841. The fourth-order valence-electron chi connectivity index (χ4n) is 1.47. The molecule has 0 amide bonds. The summed E-state index contributed by atoms with van der Waals surface area (Å²) in [5.41, 5.74) is 1.41. The van der Waals surface area contributed by atoms with Crippen molar-refractivity contribution in [2.24, 2.45) is 0 Å². The van der Waals surface area contributed by atoms with Crippen molar-refractivity contribution in [1.82, 2.24) is 0 Å². The molecule has 0 saturated carbocycles. The Bertz CT molecular complexity index is 403. The van der Waals surface area contributed by atoms with Gasteiger partial charge >= 0.3 is 0 Å². The van der Waals surface area contributed by atoms with Gasteiger partial charge in [-0.3, -0.25) is 4.79 Å². The maximum absolute atomic E-state index is 10.8. The van der Waals surface area contributed by atoms with Gasteiger partial charge in [-0.2, -0.15) is 0 Å². The molecule has 0 saturated heterocycles. The van der Waals surface area contributed by atoms with Crippen LogP contribution in [-0.2, 0) is 4.79 Å². The standard InChI is InChI=1S/C13H16O3S/c1-3-10-6-4-5-7-11(10)13(16)12(15)8-17-9(2)14/h3-7,12-13,15-16H,1,8H2,2H3. The molecular formula is C13H16O3S. The van der Waals surface area contributed by atoms with Gasteiger partial charge in [0.2, 0.25) is 0 Å². The van der Waals surface area contributed by atoms with Crippen molar-refractivity contribution in [2.45, 2.75) is 19.1 Å². The summed E-state index contributed by atoms with van der Waals surface area (Å²) in [6.07, 6.45) is -0.343. The fourth-order valence-corrected chi connectivity index (χ4v) is 2.06. The van der Waals surface area contributed by atoms with Gasteiger partial charge in [-0.15, -0.1) is 0 Å². The number of hydrogen-bond donors (Lipinski definition) is 2. The van der Waals surface area contributed by atoms with E-state index in [9.17, 15) is 15.0 Å². The predicted octanol–water partition coefficient (Wildman–Crippen LogP) is 2.00. The molecule has 2 atom stereocenters. The summed E-state index contributed by atoms with van der Waals surface area (Å²) in [6, 6.07) is 7.18. The summed E-state index contributed by atoms with van der Waals surface area (Å²) in [6.45, 7) is 5.09. The highest BCUT2D eigenvalue weighted by atomic mass is 32.2. The summed E-state index contributed by atoms with van der Waals surface area (Å²) in [5, 5.41) is 19.7. The highest BCUT2D eigenvalue weighted by Gasteiger charge is 2.20. The highest BCUT2D eigenvalue weighted by Crippen LogP contribution is 2.23. The van der Waals surface area contributed by atoms with Crippen molar-refractivity contribution >= 4 is 23.0 Å². The second-order valence-electron chi connectivity index (χ2n) is 3.65. The Kier molecular flexibility index (Phi) is 5.41. The van der Waals surface area contributed by atoms with Gasteiger partial charge in [-0.25, -0.2) is 0 Å². The molecule has 0 aromatic heterocycles. The van der Waals surface area contributed by atoms with Crippen LogP contribution in [0, 0.1) is 0 Å². The minimum atomic E-state index is -1.00. The molecule has 2 N–H and O–H groups in total. The van der Waals surface area contributed by atoms with E-state index in [1.807, 2.05) is 12.1 Å². The van der Waals surface area contributed by atoms with Crippen LogP contribution in [0.15, 0.2) is 30.8 Å². The van der Waals surface area contributed by atoms with Crippen LogP contribution in [0.25, 0.3) is 6.08 Å². The average Bonchev–Trinajstić information content (AvgIpc) is 2.34. The number of benzene rings is 1. The number of carbonyl (C=O) groups excluding carboxylic acids is 1. The summed E-state index contributed by atoms with van der Waals surface area (Å²) < 4.78 is 0. The van der Waals surface area contributed by atoms with Gasteiger partial charge < -0.3 is 10.2 Å². The first-order chi connectivity index (χ1) is 8.06. The van der Waals surface area contributed by atoms with E-state index < -0.39 is 12.2 Å². The summed E-state index contributed by atoms with van der Waals surface area (Å²) >= 11 is 1.00. The molecule has 2 unspecified atom stereocenters. The molecule has 0 aliphatic carbocycles. The largest absolute Gasteiger partial charge is 0.389 e. The van der Waals surface area contributed by atoms with Crippen molar-refractivity contribution < 1.29 is 15.0 Å². The lowest BCUT2D eigenvalue weighted by Gasteiger charge is -2.19. The first kappa shape index (κ1) is 14.0. The molecule has 92 valence electrons. The van der Waals surface area contributed by atoms with Crippen molar-refractivity contribution in [2.75, 3.05) is 5.75 Å². The van der Waals surface area contributed by atoms with Crippen LogP contribution in [0.1, 0.15) is 24.2 Å². The van der Waals surface area contributed by atoms with Crippen LogP contribution >= 0.6 is 11.8 Å². The zero-order valence-electron chi connectivity index (χ0n) is 9.67. The minimum absolute atomic E-state index is 0.0757. The molecule has 0 aliphatic heterocycles. The Morgan fingerprint density at radius 2 is 2.12 bits per heavy atom. The average molecular weight is 252 g/mol. The topological polar surface area (TPSA) is 57.5 Å². The molecule has 1 aromatic rings. The van der Waals surface area contributed by atoms with Gasteiger partial charge in [-0.05, 0) is 11.1 Å². The van der Waals surface area contributed by atoms with Crippen LogP contribution in [-0.4, -0.2) is 27.2 Å². The van der Waals surface area contributed by atoms with Gasteiger partial charge in [0.15, 0.2) is 5.12 Å². The first-order valence-corrected chi connectivity index (χ1v) is 6.25. The molecule has 0 heterocycles. The Balaban J connectivity index is 2.77. The lowest BCUT2D eigenvalue weighted by Crippen LogP contribution is -2.22. The molecule has 0 aliphatic rings. The van der Waals surface area contributed by atoms with Crippen LogP contribution < -0.4 is 0 Å². The van der Waals surface area contributed by atoms with Crippen LogP contribution in [0.4, 0.5) is 0 Å². The van der Waals surface area contributed by atoms with Crippen molar-refractivity contribution in [3.63, 3.8) is 0 Å². The Hall–Kier alpha value is -1.10. The van der Waals surface area contributed by atoms with Gasteiger partial charge in [0.1, 0.15) is 6.10 Å². The van der Waals surface area contributed by atoms with E-state index in [0.29, 0.717) is 5.56 Å². The van der Waals surface area contributed by atoms with E-state index in [2.05, 4.69) is 6.58 Å². The number of aliphatic hydroxyl groups excluding tert-OH is 2. The van der Waals surface area contributed by atoms with E-state index in [1.165, 1.54) is 6.92 Å². The van der Waals surface area contributed by atoms with Gasteiger partial charge in [0, 0.05) is 12.7 Å². The molecule has 4 heteroatoms. The van der Waals surface area contributed by atoms with Crippen LogP contribution in [0.2, 0.25) is 0 Å². The molecule has 0 bridgehead atoms. The monoisotopic (exact) mass is 252 g/mol. The van der Waals surface area contributed by atoms with Crippen LogP contribution in [0.3, 0.4) is 0 Å². The normalized spacial score (nSPS) is 14.1. The molecule has 1 aromatic carbocycles. The molecule has 3 nitrogen and oxygen atoms in total. The van der Waals surface area contributed by atoms with E-state index in [-0.39, 0.29) is 10.9 Å². The number of hydrogen-bond acceptors (Lipinski definition) is 4. The van der Waals surface area contributed by atoms with E-state index >= 15 is 0 Å². The maximum Gasteiger partial charge on any atom is 0.185 e. The summed E-state index contributed by atoms with van der Waals surface area (Å²) in [7, 11) is 0. The smallest absolute Gasteiger partial charge is 0.185 e. The third-order valence-electron chi connectivity index (χ3n) is 2.36. The third-order valence-corrected chi connectivity index (χ3v) is 3.27. The third kappa shape index (κ3) is 4.00. The molecular weight excluding hydrogens is 236 g/mol. The number of aliphatic hydroxyl groups is 2. The molecule has 17 heavy (non-hydrogen) atoms. The molecule has 0 radical (unpaired) electrons. The van der Waals surface area contributed by atoms with E-state index in [4.69, 9.17) is 0 Å². The lowest BCUT2D eigenvalue weighted by atomic mass is 9.99. The number of thioether (sulfide) groups is 1. The lowest BCUT2D eigenvalue weighted by molar-refractivity contribution is -0.109. The minimum Gasteiger partial charge on any atom is -0.389 e. The van der Waals surface area contributed by atoms with Crippen LogP contribution in [0.5, 0.6) is 0 Å². The summed E-state index contributed by atoms with van der Waals surface area (Å²) in [4.78, 5) is 10.8. The van der Waals surface area contributed by atoms with Gasteiger partial charge in [0.25, 0.3) is 0 Å². The maximum atomic E-state index is 10.8. The van der Waals surface area contributed by atoms with Gasteiger partial charge in [-0.1, -0.05) is 48.7 Å². The molecule has 0 spiro atoms. The van der Waals surface area contributed by atoms with Crippen molar-refractivity contribution in [3.8, 4) is 0 Å². The highest BCUT2D eigenvalue weighted by molar-refractivity contribution is 8.13. The van der Waals surface area contributed by atoms with E-state index in [0.717, 1.165) is 17.3 Å². The zero-order valence-corrected chi connectivity index (χ0v) is 10.5. The second-order valence-corrected chi connectivity index (χ2v) is 4.84. The SMILES string of the molecule is C=Cc1ccccc1C(O)C(O)CSC(C)=O. The Morgan fingerprint density at radius 1 is 1.47 bits per heavy atom. The molecule has 0 fully saturated rings. The number of rotatable bonds is 5. The predicted molar refractivity (Wildman–Crippen MR) is 70.6 cm³/mol. The van der Waals surface area contributed by atoms with Crippen molar-refractivity contribution in [1.29, 1.82) is 0 Å². The summed E-state index contributed by atoms with van der Waals surface area (Å²) in [5.74, 6) is 0.183. The van der Waals surface area contributed by atoms with Crippen molar-refractivity contribution in [3.05, 3.63) is 42.0 Å². The number of carbonyl (C=O) groups is 1. The first-order valence-electron chi connectivity index (χ1n) is 5.27. The fraction of sp³-hybridized carbons (Fsp3) is 0.308. The molecule has 1 rings (SSSR count). The Labute approximate surface area is 105 Å². The second kappa shape index (κ2) is 6.59. The van der Waals surface area contributed by atoms with E-state index in [1.54, 1.807) is 18.2 Å². The van der Waals surface area contributed by atoms with Gasteiger partial charge in [0.05, 0.1) is 6.10 Å².